The summed E-state index contributed by atoms with van der Waals surface area (Å²) in [4.78, 5) is 42.3. The van der Waals surface area contributed by atoms with Crippen LogP contribution in [0.15, 0.2) is 48.5 Å². The highest BCUT2D eigenvalue weighted by atomic mass is 32.2. The molecule has 39 heavy (non-hydrogen) atoms. The molecule has 0 spiro atoms. The summed E-state index contributed by atoms with van der Waals surface area (Å²) in [7, 11) is 0. The molecule has 0 radical (unpaired) electrons. The lowest BCUT2D eigenvalue weighted by Gasteiger charge is -2.38. The lowest BCUT2D eigenvalue weighted by Crippen LogP contribution is -2.55. The van der Waals surface area contributed by atoms with Crippen LogP contribution in [0.5, 0.6) is 5.75 Å². The van der Waals surface area contributed by atoms with Crippen LogP contribution in [0.2, 0.25) is 0 Å². The van der Waals surface area contributed by atoms with Crippen LogP contribution in [0.25, 0.3) is 0 Å². The van der Waals surface area contributed by atoms with Crippen molar-refractivity contribution in [2.45, 2.75) is 84.7 Å². The van der Waals surface area contributed by atoms with Gasteiger partial charge in [0.15, 0.2) is 0 Å². The van der Waals surface area contributed by atoms with E-state index in [4.69, 9.17) is 4.74 Å². The average molecular weight is 558 g/mol. The van der Waals surface area contributed by atoms with Crippen LogP contribution < -0.4 is 10.6 Å². The Labute approximate surface area is 236 Å². The van der Waals surface area contributed by atoms with Gasteiger partial charge in [-0.1, -0.05) is 55.5 Å². The number of alkyl carbamates (subject to hydrolysis) is 1. The number of nitrogens with one attached hydrogen (secondary N) is 2. The van der Waals surface area contributed by atoms with Gasteiger partial charge in [0.25, 0.3) is 0 Å². The van der Waals surface area contributed by atoms with Crippen LogP contribution in [-0.4, -0.2) is 57.6 Å². The topological polar surface area (TPSA) is 108 Å². The molecule has 8 nitrogen and oxygen atoms in total. The van der Waals surface area contributed by atoms with E-state index in [2.05, 4.69) is 10.6 Å². The number of carbonyl (C=O) groups is 3. The first kappa shape index (κ1) is 32.0. The molecule has 0 saturated heterocycles. The van der Waals surface area contributed by atoms with E-state index in [0.29, 0.717) is 29.7 Å². The van der Waals surface area contributed by atoms with Crippen LogP contribution in [0.1, 0.15) is 70.2 Å². The van der Waals surface area contributed by atoms with Crippen LogP contribution in [0.3, 0.4) is 0 Å². The molecular formula is C30H43N3O5S. The molecule has 3 unspecified atom stereocenters. The number of aryl methyl sites for hydroxylation is 1. The summed E-state index contributed by atoms with van der Waals surface area (Å²) in [6, 6.07) is 12.2. The standard InChI is InChI=1S/C30H43N3O5S/c1-8-21(3)33(28(36)24(17-18-39-7)32-29(37)38-30(4,5)6)25(23-16-12-13-20(2)26(23)34)27(35)31-19-22-14-10-9-11-15-22/h9-16,21,24-25,34H,8,17-19H2,1-7H3,(H,31,35)(H,32,37). The SMILES string of the molecule is CCC(C)N(C(=O)C(CCSC)NC(=O)OC(C)(C)C)C(C(=O)NCc1ccccc1)c1cccc(C)c1O. The highest BCUT2D eigenvalue weighted by Crippen LogP contribution is 2.34. The Morgan fingerprint density at radius 3 is 2.33 bits per heavy atom. The summed E-state index contributed by atoms with van der Waals surface area (Å²) in [5.41, 5.74) is 1.09. The average Bonchev–Trinajstić information content (AvgIpc) is 2.89. The molecule has 0 aromatic heterocycles. The van der Waals surface area contributed by atoms with Gasteiger partial charge in [-0.3, -0.25) is 9.59 Å². The molecule has 2 aromatic rings. The molecule has 3 amide bonds. The minimum absolute atomic E-state index is 0.0424. The highest BCUT2D eigenvalue weighted by molar-refractivity contribution is 7.98. The quantitative estimate of drug-likeness (QED) is 0.326. The maximum atomic E-state index is 14.2. The molecule has 3 atom stereocenters. The number of benzene rings is 2. The monoisotopic (exact) mass is 557 g/mol. The molecule has 2 aromatic carbocycles. The lowest BCUT2D eigenvalue weighted by atomic mass is 9.97. The molecule has 0 bridgehead atoms. The summed E-state index contributed by atoms with van der Waals surface area (Å²) < 4.78 is 5.43. The van der Waals surface area contributed by atoms with Crippen molar-refractivity contribution in [3.63, 3.8) is 0 Å². The number of rotatable bonds is 12. The van der Waals surface area contributed by atoms with Crippen molar-refractivity contribution in [3.05, 3.63) is 65.2 Å². The van der Waals surface area contributed by atoms with Gasteiger partial charge in [-0.15, -0.1) is 0 Å². The fourth-order valence-electron chi connectivity index (χ4n) is 4.12. The zero-order valence-corrected chi connectivity index (χ0v) is 24.9. The second-order valence-corrected chi connectivity index (χ2v) is 11.6. The second-order valence-electron chi connectivity index (χ2n) is 10.6. The molecule has 0 aliphatic rings. The largest absolute Gasteiger partial charge is 0.507 e. The first-order valence-electron chi connectivity index (χ1n) is 13.3. The smallest absolute Gasteiger partial charge is 0.408 e. The van der Waals surface area contributed by atoms with Gasteiger partial charge in [0.1, 0.15) is 23.4 Å². The molecule has 3 N–H and O–H groups in total. The summed E-state index contributed by atoms with van der Waals surface area (Å²) >= 11 is 1.55. The number of phenolic OH excluding ortho intramolecular Hbond substituents is 1. The zero-order valence-electron chi connectivity index (χ0n) is 24.1. The summed E-state index contributed by atoms with van der Waals surface area (Å²) in [6.45, 7) is 11.1. The van der Waals surface area contributed by atoms with Crippen molar-refractivity contribution in [1.82, 2.24) is 15.5 Å². The van der Waals surface area contributed by atoms with E-state index in [1.165, 1.54) is 4.90 Å². The van der Waals surface area contributed by atoms with Crippen molar-refractivity contribution in [3.8, 4) is 5.75 Å². The summed E-state index contributed by atoms with van der Waals surface area (Å²) in [5, 5.41) is 16.7. The Morgan fingerprint density at radius 2 is 1.74 bits per heavy atom. The van der Waals surface area contributed by atoms with Gasteiger partial charge in [-0.2, -0.15) is 11.8 Å². The molecule has 0 heterocycles. The van der Waals surface area contributed by atoms with Gasteiger partial charge in [0, 0.05) is 18.2 Å². The van der Waals surface area contributed by atoms with Gasteiger partial charge in [-0.05, 0) is 70.6 Å². The lowest BCUT2D eigenvalue weighted by molar-refractivity contribution is -0.145. The van der Waals surface area contributed by atoms with Crippen molar-refractivity contribution < 1.29 is 24.2 Å². The Morgan fingerprint density at radius 1 is 1.08 bits per heavy atom. The fraction of sp³-hybridized carbons (Fsp3) is 0.500. The van der Waals surface area contributed by atoms with E-state index in [9.17, 15) is 19.5 Å². The maximum Gasteiger partial charge on any atom is 0.408 e. The highest BCUT2D eigenvalue weighted by Gasteiger charge is 2.39. The number of hydrogen-bond donors (Lipinski definition) is 3. The van der Waals surface area contributed by atoms with Gasteiger partial charge in [0.05, 0.1) is 0 Å². The number of nitrogens with zero attached hydrogens (tertiary/aromatic N) is 1. The van der Waals surface area contributed by atoms with Crippen molar-refractivity contribution in [2.24, 2.45) is 0 Å². The predicted octanol–water partition coefficient (Wildman–Crippen LogP) is 5.33. The van der Waals surface area contributed by atoms with E-state index in [0.717, 1.165) is 5.56 Å². The number of para-hydroxylation sites is 1. The molecule has 0 fully saturated rings. The van der Waals surface area contributed by atoms with Crippen molar-refractivity contribution in [1.29, 1.82) is 0 Å². The van der Waals surface area contributed by atoms with Crippen LogP contribution in [0, 0.1) is 6.92 Å². The first-order valence-corrected chi connectivity index (χ1v) is 14.7. The van der Waals surface area contributed by atoms with Crippen molar-refractivity contribution in [2.75, 3.05) is 12.0 Å². The number of phenols is 1. The van der Waals surface area contributed by atoms with Crippen LogP contribution in [0.4, 0.5) is 4.79 Å². The number of aromatic hydroxyl groups is 1. The van der Waals surface area contributed by atoms with E-state index in [1.807, 2.05) is 50.4 Å². The third-order valence-corrected chi connectivity index (χ3v) is 6.96. The van der Waals surface area contributed by atoms with Gasteiger partial charge >= 0.3 is 6.09 Å². The molecule has 2 rings (SSSR count). The van der Waals surface area contributed by atoms with E-state index in [1.54, 1.807) is 57.7 Å². The molecule has 0 saturated carbocycles. The third-order valence-electron chi connectivity index (χ3n) is 6.32. The Bertz CT molecular complexity index is 1100. The Balaban J connectivity index is 2.53. The van der Waals surface area contributed by atoms with E-state index >= 15 is 0 Å². The second kappa shape index (κ2) is 14.8. The van der Waals surface area contributed by atoms with Crippen molar-refractivity contribution >= 4 is 29.7 Å². The number of hydrogen-bond acceptors (Lipinski definition) is 6. The Hall–Kier alpha value is -3.20. The molecule has 9 heteroatoms. The van der Waals surface area contributed by atoms with Gasteiger partial charge < -0.3 is 25.4 Å². The molecule has 214 valence electrons. The predicted molar refractivity (Wildman–Crippen MR) is 157 cm³/mol. The molecule has 0 aliphatic carbocycles. The Kier molecular flexibility index (Phi) is 12.2. The number of thioether (sulfide) groups is 1. The fourth-order valence-corrected chi connectivity index (χ4v) is 4.59. The summed E-state index contributed by atoms with van der Waals surface area (Å²) in [6.07, 6.45) is 2.13. The normalized spacial score (nSPS) is 13.6. The summed E-state index contributed by atoms with van der Waals surface area (Å²) in [5.74, 6) is -0.264. The van der Waals surface area contributed by atoms with Gasteiger partial charge in [0.2, 0.25) is 11.8 Å². The number of amides is 3. The number of ether oxygens (including phenoxy) is 1. The van der Waals surface area contributed by atoms with Crippen LogP contribution in [-0.2, 0) is 20.9 Å². The maximum absolute atomic E-state index is 14.2. The van der Waals surface area contributed by atoms with Gasteiger partial charge in [-0.25, -0.2) is 4.79 Å². The minimum Gasteiger partial charge on any atom is -0.507 e. The molecule has 0 aliphatic heterocycles. The van der Waals surface area contributed by atoms with E-state index in [-0.39, 0.29) is 18.3 Å². The van der Waals surface area contributed by atoms with E-state index < -0.39 is 35.6 Å². The molecular weight excluding hydrogens is 514 g/mol. The third kappa shape index (κ3) is 9.49. The number of carbonyl (C=O) groups excluding carboxylic acids is 3. The first-order chi connectivity index (χ1) is 18.4. The van der Waals surface area contributed by atoms with Crippen LogP contribution >= 0.6 is 11.8 Å². The zero-order chi connectivity index (χ0) is 29.2. The minimum atomic E-state index is -1.12.